The number of allylic oxidation sites excluding steroid dienone is 4. The van der Waals surface area contributed by atoms with Gasteiger partial charge in [0.15, 0.2) is 0 Å². The molecule has 0 fully saturated rings. The van der Waals surface area contributed by atoms with E-state index in [0.717, 1.165) is 26.1 Å². The molecule has 0 atom stereocenters. The quantitative estimate of drug-likeness (QED) is 0.207. The maximum absolute atomic E-state index is 5.42. The Morgan fingerprint density at radius 2 is 1.27 bits per heavy atom. The summed E-state index contributed by atoms with van der Waals surface area (Å²) >= 11 is 0. The van der Waals surface area contributed by atoms with Gasteiger partial charge >= 0.3 is 0 Å². The lowest BCUT2D eigenvalue weighted by molar-refractivity contribution is 0.134. The molecule has 22 heavy (non-hydrogen) atoms. The van der Waals surface area contributed by atoms with Gasteiger partial charge in [0.25, 0.3) is 0 Å². The molecule has 0 heterocycles. The van der Waals surface area contributed by atoms with E-state index >= 15 is 0 Å². The zero-order valence-electron chi connectivity index (χ0n) is 15.0. The molecular formula is C21H39O. The second kappa shape index (κ2) is 20.4. The van der Waals surface area contributed by atoms with Gasteiger partial charge in [0, 0.05) is 13.2 Å². The molecule has 129 valence electrons. The largest absolute Gasteiger partial charge is 0.381 e. The SMILES string of the molecule is [CH2]CCOCCCCCCCC/C=C\C/C=C\CCCCC. The van der Waals surface area contributed by atoms with Gasteiger partial charge in [-0.1, -0.05) is 76.7 Å². The molecule has 0 aliphatic carbocycles. The minimum Gasteiger partial charge on any atom is -0.381 e. The van der Waals surface area contributed by atoms with Crippen molar-refractivity contribution in [2.45, 2.75) is 90.4 Å². The minimum absolute atomic E-state index is 0.820. The van der Waals surface area contributed by atoms with Crippen LogP contribution in [0.4, 0.5) is 0 Å². The molecule has 0 aromatic heterocycles. The van der Waals surface area contributed by atoms with Crippen molar-refractivity contribution < 1.29 is 4.74 Å². The lowest BCUT2D eigenvalue weighted by Gasteiger charge is -2.02. The van der Waals surface area contributed by atoms with Crippen molar-refractivity contribution in [3.63, 3.8) is 0 Å². The summed E-state index contributed by atoms with van der Waals surface area (Å²) in [7, 11) is 0. The first-order valence-corrected chi connectivity index (χ1v) is 9.58. The standard InChI is InChI=1S/C21H39O/c1-3-5-6-7-8-9-10-11-12-13-14-15-16-17-18-19-21-22-20-4-2/h8-9,11-12H,2-7,10,13-21H2,1H3/b9-8-,12-11-. The van der Waals surface area contributed by atoms with Crippen LogP contribution in [0.3, 0.4) is 0 Å². The summed E-state index contributed by atoms with van der Waals surface area (Å²) in [6.07, 6.45) is 25.8. The molecule has 0 bridgehead atoms. The van der Waals surface area contributed by atoms with E-state index in [9.17, 15) is 0 Å². The van der Waals surface area contributed by atoms with Crippen molar-refractivity contribution in [2.24, 2.45) is 0 Å². The van der Waals surface area contributed by atoms with Crippen molar-refractivity contribution >= 4 is 0 Å². The minimum atomic E-state index is 0.820. The monoisotopic (exact) mass is 307 g/mol. The second-order valence-electron chi connectivity index (χ2n) is 6.05. The summed E-state index contributed by atoms with van der Waals surface area (Å²) in [4.78, 5) is 0. The molecule has 0 unspecified atom stereocenters. The highest BCUT2D eigenvalue weighted by molar-refractivity contribution is 4.92. The molecule has 0 amide bonds. The Balaban J connectivity index is 3.11. The van der Waals surface area contributed by atoms with Gasteiger partial charge in [-0.05, 0) is 44.9 Å². The third-order valence-corrected chi connectivity index (χ3v) is 3.78. The van der Waals surface area contributed by atoms with Crippen LogP contribution in [0, 0.1) is 6.92 Å². The van der Waals surface area contributed by atoms with Crippen molar-refractivity contribution in [3.05, 3.63) is 31.2 Å². The Labute approximate surface area is 140 Å². The molecule has 0 saturated heterocycles. The predicted octanol–water partition coefficient (Wildman–Crippen LogP) is 7.04. The maximum Gasteiger partial charge on any atom is 0.0466 e. The second-order valence-corrected chi connectivity index (χ2v) is 6.05. The van der Waals surface area contributed by atoms with Crippen LogP contribution >= 0.6 is 0 Å². The maximum atomic E-state index is 5.42. The Morgan fingerprint density at radius 3 is 1.91 bits per heavy atom. The van der Waals surface area contributed by atoms with Gasteiger partial charge in [-0.3, -0.25) is 0 Å². The van der Waals surface area contributed by atoms with Crippen molar-refractivity contribution in [1.82, 2.24) is 0 Å². The first-order chi connectivity index (χ1) is 10.9. The van der Waals surface area contributed by atoms with Crippen LogP contribution in [-0.4, -0.2) is 13.2 Å². The fraction of sp³-hybridized carbons (Fsp3) is 0.762. The number of hydrogen-bond acceptors (Lipinski definition) is 1. The number of hydrogen-bond donors (Lipinski definition) is 0. The highest BCUT2D eigenvalue weighted by Crippen LogP contribution is 2.08. The Bertz CT molecular complexity index is 242. The number of rotatable bonds is 17. The van der Waals surface area contributed by atoms with Gasteiger partial charge in [-0.15, -0.1) is 0 Å². The average Bonchev–Trinajstić information content (AvgIpc) is 2.54. The summed E-state index contributed by atoms with van der Waals surface area (Å²) in [5.74, 6) is 0. The summed E-state index contributed by atoms with van der Waals surface area (Å²) in [5.41, 5.74) is 0. The number of unbranched alkanes of at least 4 members (excludes halogenated alkanes) is 9. The van der Waals surface area contributed by atoms with Crippen LogP contribution in [0.25, 0.3) is 0 Å². The van der Waals surface area contributed by atoms with E-state index in [0.29, 0.717) is 0 Å². The summed E-state index contributed by atoms with van der Waals surface area (Å²) in [5, 5.41) is 0. The van der Waals surface area contributed by atoms with Crippen LogP contribution in [0.2, 0.25) is 0 Å². The lowest BCUT2D eigenvalue weighted by atomic mass is 10.1. The molecule has 1 radical (unpaired) electrons. The number of ether oxygens (including phenoxy) is 1. The third-order valence-electron chi connectivity index (χ3n) is 3.78. The van der Waals surface area contributed by atoms with Crippen molar-refractivity contribution in [1.29, 1.82) is 0 Å². The molecular weight excluding hydrogens is 268 g/mol. The molecule has 1 nitrogen and oxygen atoms in total. The zero-order chi connectivity index (χ0) is 16.1. The molecule has 0 saturated carbocycles. The van der Waals surface area contributed by atoms with Crippen molar-refractivity contribution in [2.75, 3.05) is 13.2 Å². The topological polar surface area (TPSA) is 9.23 Å². The van der Waals surface area contributed by atoms with Gasteiger partial charge < -0.3 is 4.74 Å². The first kappa shape index (κ1) is 21.4. The van der Waals surface area contributed by atoms with E-state index in [2.05, 4.69) is 38.2 Å². The molecule has 0 aromatic rings. The van der Waals surface area contributed by atoms with Gasteiger partial charge in [-0.2, -0.15) is 0 Å². The summed E-state index contributed by atoms with van der Waals surface area (Å²) < 4.78 is 5.42. The van der Waals surface area contributed by atoms with Crippen LogP contribution in [0.1, 0.15) is 90.4 Å². The highest BCUT2D eigenvalue weighted by atomic mass is 16.5. The smallest absolute Gasteiger partial charge is 0.0466 e. The average molecular weight is 308 g/mol. The third kappa shape index (κ3) is 19.4. The van der Waals surface area contributed by atoms with E-state index in [1.807, 2.05) is 0 Å². The molecule has 0 aromatic carbocycles. The highest BCUT2D eigenvalue weighted by Gasteiger charge is 1.91. The summed E-state index contributed by atoms with van der Waals surface area (Å²) in [6.45, 7) is 7.76. The van der Waals surface area contributed by atoms with Gasteiger partial charge in [0.05, 0.1) is 0 Å². The van der Waals surface area contributed by atoms with Crippen LogP contribution in [0.15, 0.2) is 24.3 Å². The van der Waals surface area contributed by atoms with Gasteiger partial charge in [0.1, 0.15) is 0 Å². The van der Waals surface area contributed by atoms with Gasteiger partial charge in [0.2, 0.25) is 0 Å². The molecule has 0 spiro atoms. The van der Waals surface area contributed by atoms with E-state index in [4.69, 9.17) is 4.74 Å². The molecule has 0 rings (SSSR count). The van der Waals surface area contributed by atoms with E-state index in [1.165, 1.54) is 70.6 Å². The zero-order valence-corrected chi connectivity index (χ0v) is 15.0. The molecule has 0 aliphatic heterocycles. The molecule has 0 N–H and O–H groups in total. The molecule has 1 heteroatoms. The fourth-order valence-corrected chi connectivity index (χ4v) is 2.40. The Hall–Kier alpha value is -0.560. The van der Waals surface area contributed by atoms with Crippen LogP contribution in [-0.2, 0) is 4.74 Å². The van der Waals surface area contributed by atoms with E-state index in [1.54, 1.807) is 0 Å². The predicted molar refractivity (Wildman–Crippen MR) is 100 cm³/mol. The van der Waals surface area contributed by atoms with E-state index < -0.39 is 0 Å². The Kier molecular flexibility index (Phi) is 19.9. The van der Waals surface area contributed by atoms with Crippen LogP contribution in [0.5, 0.6) is 0 Å². The Morgan fingerprint density at radius 1 is 0.682 bits per heavy atom. The first-order valence-electron chi connectivity index (χ1n) is 9.58. The normalized spacial score (nSPS) is 11.9. The van der Waals surface area contributed by atoms with Gasteiger partial charge in [-0.25, -0.2) is 0 Å². The molecule has 0 aliphatic rings. The summed E-state index contributed by atoms with van der Waals surface area (Å²) in [6, 6.07) is 0. The lowest BCUT2D eigenvalue weighted by Crippen LogP contribution is -1.95. The van der Waals surface area contributed by atoms with Crippen molar-refractivity contribution in [3.8, 4) is 0 Å². The van der Waals surface area contributed by atoms with Crippen LogP contribution < -0.4 is 0 Å². The fourth-order valence-electron chi connectivity index (χ4n) is 2.40. The van der Waals surface area contributed by atoms with E-state index in [-0.39, 0.29) is 0 Å².